The Hall–Kier alpha value is -1.60. The standard InChI is InChI=1S/C17H19N/c18-12-17-15-10-3-1-6-13(15)8-5-9-14-7-2-4-11-16(14)17/h1-4,6-7,10-11,17H,5,8-9,12,18H2. The number of rotatable bonds is 1. The summed E-state index contributed by atoms with van der Waals surface area (Å²) in [6, 6.07) is 17.5. The van der Waals surface area contributed by atoms with Crippen molar-refractivity contribution in [2.24, 2.45) is 5.73 Å². The number of fused-ring (bicyclic) bond motifs is 2. The second-order valence-corrected chi connectivity index (χ2v) is 5.04. The highest BCUT2D eigenvalue weighted by atomic mass is 14.6. The van der Waals surface area contributed by atoms with Crippen LogP contribution in [0.5, 0.6) is 0 Å². The van der Waals surface area contributed by atoms with Gasteiger partial charge in [-0.1, -0.05) is 48.5 Å². The summed E-state index contributed by atoms with van der Waals surface area (Å²) in [5.41, 5.74) is 11.8. The maximum Gasteiger partial charge on any atom is 0.0217 e. The average molecular weight is 237 g/mol. The zero-order valence-corrected chi connectivity index (χ0v) is 10.6. The fraction of sp³-hybridized carbons (Fsp3) is 0.294. The molecular formula is C17H19N. The molecule has 1 aliphatic rings. The minimum absolute atomic E-state index is 0.359. The van der Waals surface area contributed by atoms with Crippen molar-refractivity contribution < 1.29 is 0 Å². The molecule has 0 radical (unpaired) electrons. The van der Waals surface area contributed by atoms with Gasteiger partial charge in [0.2, 0.25) is 0 Å². The quantitative estimate of drug-likeness (QED) is 0.809. The Kier molecular flexibility index (Phi) is 3.16. The van der Waals surface area contributed by atoms with Crippen LogP contribution in [0.2, 0.25) is 0 Å². The first-order chi connectivity index (χ1) is 8.90. The van der Waals surface area contributed by atoms with Gasteiger partial charge in [0.15, 0.2) is 0 Å². The van der Waals surface area contributed by atoms with Crippen LogP contribution < -0.4 is 5.73 Å². The summed E-state index contributed by atoms with van der Waals surface area (Å²) in [4.78, 5) is 0. The first kappa shape index (κ1) is 11.5. The summed E-state index contributed by atoms with van der Waals surface area (Å²) in [7, 11) is 0. The topological polar surface area (TPSA) is 26.0 Å². The normalized spacial score (nSPS) is 15.4. The van der Waals surface area contributed by atoms with E-state index in [1.807, 2.05) is 0 Å². The average Bonchev–Trinajstić information content (AvgIpc) is 2.40. The van der Waals surface area contributed by atoms with Crippen LogP contribution in [0, 0.1) is 0 Å². The summed E-state index contributed by atoms with van der Waals surface area (Å²) in [5.74, 6) is 0.359. The summed E-state index contributed by atoms with van der Waals surface area (Å²) >= 11 is 0. The van der Waals surface area contributed by atoms with Crippen molar-refractivity contribution in [1.29, 1.82) is 0 Å². The van der Waals surface area contributed by atoms with Gasteiger partial charge in [0.1, 0.15) is 0 Å². The zero-order valence-electron chi connectivity index (χ0n) is 10.6. The third kappa shape index (κ3) is 1.95. The molecule has 0 saturated heterocycles. The lowest BCUT2D eigenvalue weighted by molar-refractivity contribution is 0.726. The smallest absolute Gasteiger partial charge is 0.0217 e. The van der Waals surface area contributed by atoms with Crippen molar-refractivity contribution in [1.82, 2.24) is 0 Å². The molecule has 0 heterocycles. The summed E-state index contributed by atoms with van der Waals surface area (Å²) < 4.78 is 0. The molecule has 0 amide bonds. The molecule has 0 spiro atoms. The van der Waals surface area contributed by atoms with Gasteiger partial charge < -0.3 is 5.73 Å². The van der Waals surface area contributed by atoms with Crippen LogP contribution in [0.25, 0.3) is 0 Å². The van der Waals surface area contributed by atoms with Crippen LogP contribution in [0.1, 0.15) is 34.6 Å². The second kappa shape index (κ2) is 4.95. The molecule has 0 aliphatic heterocycles. The van der Waals surface area contributed by atoms with E-state index in [1.54, 1.807) is 0 Å². The lowest BCUT2D eigenvalue weighted by Crippen LogP contribution is -2.18. The maximum atomic E-state index is 6.05. The molecule has 0 bridgehead atoms. The molecule has 0 fully saturated rings. The molecule has 0 aromatic heterocycles. The number of nitrogens with two attached hydrogens (primary N) is 1. The van der Waals surface area contributed by atoms with E-state index < -0.39 is 0 Å². The van der Waals surface area contributed by atoms with Crippen molar-refractivity contribution >= 4 is 0 Å². The monoisotopic (exact) mass is 237 g/mol. The van der Waals surface area contributed by atoms with Crippen LogP contribution in [-0.4, -0.2) is 6.54 Å². The van der Waals surface area contributed by atoms with Gasteiger partial charge in [-0.25, -0.2) is 0 Å². The lowest BCUT2D eigenvalue weighted by atomic mass is 9.81. The highest BCUT2D eigenvalue weighted by Crippen LogP contribution is 2.32. The molecule has 1 heteroatoms. The van der Waals surface area contributed by atoms with Crippen molar-refractivity contribution in [2.75, 3.05) is 6.54 Å². The zero-order chi connectivity index (χ0) is 12.4. The van der Waals surface area contributed by atoms with Gasteiger partial charge in [-0.2, -0.15) is 0 Å². The molecule has 2 N–H and O–H groups in total. The summed E-state index contributed by atoms with van der Waals surface area (Å²) in [6.07, 6.45) is 3.56. The van der Waals surface area contributed by atoms with Gasteiger partial charge in [-0.05, 0) is 41.5 Å². The van der Waals surface area contributed by atoms with Crippen molar-refractivity contribution in [3.63, 3.8) is 0 Å². The summed E-state index contributed by atoms with van der Waals surface area (Å²) in [5, 5.41) is 0. The highest BCUT2D eigenvalue weighted by Gasteiger charge is 2.20. The largest absolute Gasteiger partial charge is 0.330 e. The van der Waals surface area contributed by atoms with Crippen LogP contribution in [0.4, 0.5) is 0 Å². The Bertz CT molecular complexity index is 497. The Morgan fingerprint density at radius 1 is 0.833 bits per heavy atom. The number of hydrogen-bond donors (Lipinski definition) is 1. The minimum atomic E-state index is 0.359. The molecule has 2 aromatic carbocycles. The first-order valence-electron chi connectivity index (χ1n) is 6.76. The SMILES string of the molecule is NCC1c2ccccc2CCCc2ccccc21. The molecule has 92 valence electrons. The first-order valence-corrected chi connectivity index (χ1v) is 6.76. The van der Waals surface area contributed by atoms with E-state index in [0.29, 0.717) is 12.5 Å². The van der Waals surface area contributed by atoms with E-state index in [4.69, 9.17) is 5.73 Å². The Labute approximate surface area is 109 Å². The minimum Gasteiger partial charge on any atom is -0.330 e. The number of aryl methyl sites for hydroxylation is 2. The molecule has 1 nitrogen and oxygen atoms in total. The Morgan fingerprint density at radius 2 is 1.33 bits per heavy atom. The van der Waals surface area contributed by atoms with Crippen LogP contribution in [-0.2, 0) is 12.8 Å². The predicted molar refractivity (Wildman–Crippen MR) is 75.8 cm³/mol. The van der Waals surface area contributed by atoms with E-state index in [-0.39, 0.29) is 0 Å². The van der Waals surface area contributed by atoms with E-state index in [9.17, 15) is 0 Å². The molecule has 0 saturated carbocycles. The van der Waals surface area contributed by atoms with Gasteiger partial charge in [0.25, 0.3) is 0 Å². The van der Waals surface area contributed by atoms with E-state index in [1.165, 1.54) is 41.5 Å². The van der Waals surface area contributed by atoms with Crippen LogP contribution in [0.3, 0.4) is 0 Å². The van der Waals surface area contributed by atoms with Crippen LogP contribution in [0.15, 0.2) is 48.5 Å². The predicted octanol–water partition coefficient (Wildman–Crippen LogP) is 3.27. The van der Waals surface area contributed by atoms with Crippen molar-refractivity contribution in [3.8, 4) is 0 Å². The molecule has 2 aromatic rings. The second-order valence-electron chi connectivity index (χ2n) is 5.04. The molecule has 0 unspecified atom stereocenters. The van der Waals surface area contributed by atoms with Gasteiger partial charge in [-0.15, -0.1) is 0 Å². The molecule has 3 rings (SSSR count). The lowest BCUT2D eigenvalue weighted by Gasteiger charge is -2.25. The fourth-order valence-corrected chi connectivity index (χ4v) is 3.09. The number of hydrogen-bond acceptors (Lipinski definition) is 1. The van der Waals surface area contributed by atoms with Crippen molar-refractivity contribution in [2.45, 2.75) is 25.2 Å². The van der Waals surface area contributed by atoms with Crippen LogP contribution >= 0.6 is 0 Å². The maximum absolute atomic E-state index is 6.05. The Morgan fingerprint density at radius 3 is 1.83 bits per heavy atom. The van der Waals surface area contributed by atoms with E-state index in [2.05, 4.69) is 48.5 Å². The highest BCUT2D eigenvalue weighted by molar-refractivity contribution is 5.43. The molecule has 18 heavy (non-hydrogen) atoms. The van der Waals surface area contributed by atoms with Gasteiger partial charge in [0, 0.05) is 12.5 Å². The third-order valence-electron chi connectivity index (χ3n) is 3.99. The number of benzene rings is 2. The van der Waals surface area contributed by atoms with E-state index >= 15 is 0 Å². The van der Waals surface area contributed by atoms with E-state index in [0.717, 1.165) is 0 Å². The van der Waals surface area contributed by atoms with Gasteiger partial charge >= 0.3 is 0 Å². The molecular weight excluding hydrogens is 218 g/mol. The Balaban J connectivity index is 2.16. The third-order valence-corrected chi connectivity index (χ3v) is 3.99. The molecule has 0 atom stereocenters. The van der Waals surface area contributed by atoms with Gasteiger partial charge in [-0.3, -0.25) is 0 Å². The van der Waals surface area contributed by atoms with Gasteiger partial charge in [0.05, 0.1) is 0 Å². The fourth-order valence-electron chi connectivity index (χ4n) is 3.09. The van der Waals surface area contributed by atoms with Crippen molar-refractivity contribution in [3.05, 3.63) is 70.8 Å². The molecule has 1 aliphatic carbocycles. The summed E-state index contributed by atoms with van der Waals surface area (Å²) in [6.45, 7) is 0.689.